The molecule has 2 aromatic carbocycles. The highest BCUT2D eigenvalue weighted by Gasteiger charge is 2.33. The molecule has 0 radical (unpaired) electrons. The fourth-order valence-electron chi connectivity index (χ4n) is 3.97. The van der Waals surface area contributed by atoms with Gasteiger partial charge in [-0.3, -0.25) is 0 Å². The molecule has 0 saturated heterocycles. The van der Waals surface area contributed by atoms with Crippen LogP contribution in [0.25, 0.3) is 22.4 Å². The summed E-state index contributed by atoms with van der Waals surface area (Å²) in [5.41, 5.74) is 4.37. The predicted octanol–water partition coefficient (Wildman–Crippen LogP) is 4.28. The Morgan fingerprint density at radius 2 is 1.79 bits per heavy atom. The van der Waals surface area contributed by atoms with E-state index in [1.807, 2.05) is 47.0 Å². The number of benzene rings is 2. The summed E-state index contributed by atoms with van der Waals surface area (Å²) >= 11 is 0. The number of hydrogen-bond donors (Lipinski definition) is 1. The molecule has 0 spiro atoms. The second kappa shape index (κ2) is 7.54. The zero-order valence-electron chi connectivity index (χ0n) is 16.7. The number of rotatable bonds is 5. The van der Waals surface area contributed by atoms with Gasteiger partial charge in [-0.1, -0.05) is 30.3 Å². The van der Waals surface area contributed by atoms with E-state index in [0.717, 1.165) is 22.4 Å². The number of carbonyl (C=O) groups is 1. The first-order chi connectivity index (χ1) is 14.1. The van der Waals surface area contributed by atoms with E-state index in [0.29, 0.717) is 30.0 Å². The average Bonchev–Trinajstić information content (AvgIpc) is 3.05. The number of aromatic nitrogens is 1. The lowest BCUT2D eigenvalue weighted by Gasteiger charge is -2.23. The van der Waals surface area contributed by atoms with Crippen LogP contribution in [0, 0.1) is 0 Å². The Kier molecular flexibility index (Phi) is 4.92. The van der Waals surface area contributed by atoms with E-state index in [1.165, 1.54) is 0 Å². The molecule has 1 aliphatic heterocycles. The van der Waals surface area contributed by atoms with Crippen molar-refractivity contribution in [1.29, 1.82) is 0 Å². The maximum atomic E-state index is 12.7. The van der Waals surface area contributed by atoms with Crippen LogP contribution in [0.3, 0.4) is 0 Å². The van der Waals surface area contributed by atoms with Crippen LogP contribution in [0.2, 0.25) is 0 Å². The fourth-order valence-corrected chi connectivity index (χ4v) is 3.97. The molecule has 0 saturated carbocycles. The number of methoxy groups -OCH3 is 2. The number of esters is 1. The van der Waals surface area contributed by atoms with Gasteiger partial charge in [0.1, 0.15) is 0 Å². The number of ether oxygens (including phenoxy) is 3. The van der Waals surface area contributed by atoms with Crippen LogP contribution < -0.4 is 9.47 Å². The molecule has 6 nitrogen and oxygen atoms in total. The lowest BCUT2D eigenvalue weighted by atomic mass is 9.93. The molecule has 1 N–H and O–H groups in total. The SMILES string of the molecule is CCOC(=O)c1c(O)c(-c2ccccc2)c2n1CCc1cc(OC)c(OC)cc1-2. The van der Waals surface area contributed by atoms with E-state index in [2.05, 4.69) is 0 Å². The van der Waals surface area contributed by atoms with Crippen LogP contribution in [0.4, 0.5) is 0 Å². The maximum Gasteiger partial charge on any atom is 0.358 e. The van der Waals surface area contributed by atoms with Crippen molar-refractivity contribution in [2.45, 2.75) is 19.9 Å². The first kappa shape index (κ1) is 18.9. The number of nitrogens with zero attached hydrogens (tertiary/aromatic N) is 1. The monoisotopic (exact) mass is 393 g/mol. The molecule has 2 heterocycles. The summed E-state index contributed by atoms with van der Waals surface area (Å²) < 4.78 is 18.0. The van der Waals surface area contributed by atoms with Gasteiger partial charge in [0.05, 0.1) is 32.1 Å². The molecule has 0 atom stereocenters. The van der Waals surface area contributed by atoms with Gasteiger partial charge < -0.3 is 23.9 Å². The van der Waals surface area contributed by atoms with Crippen molar-refractivity contribution in [3.63, 3.8) is 0 Å². The number of fused-ring (bicyclic) bond motifs is 3. The number of hydrogen-bond acceptors (Lipinski definition) is 5. The summed E-state index contributed by atoms with van der Waals surface area (Å²) in [5.74, 6) is 0.657. The Morgan fingerprint density at radius 1 is 1.10 bits per heavy atom. The van der Waals surface area contributed by atoms with Crippen molar-refractivity contribution in [3.8, 4) is 39.6 Å². The summed E-state index contributed by atoms with van der Waals surface area (Å²) in [5, 5.41) is 11.1. The van der Waals surface area contributed by atoms with Gasteiger partial charge >= 0.3 is 5.97 Å². The van der Waals surface area contributed by atoms with Crippen molar-refractivity contribution in [3.05, 3.63) is 53.7 Å². The third-order valence-electron chi connectivity index (χ3n) is 5.24. The molecule has 4 rings (SSSR count). The Morgan fingerprint density at radius 3 is 2.45 bits per heavy atom. The Bertz CT molecular complexity index is 1070. The van der Waals surface area contributed by atoms with Crippen molar-refractivity contribution in [2.24, 2.45) is 0 Å². The second-order valence-corrected chi connectivity index (χ2v) is 6.77. The van der Waals surface area contributed by atoms with Gasteiger partial charge in [0.15, 0.2) is 22.9 Å². The molecule has 29 heavy (non-hydrogen) atoms. The zero-order valence-corrected chi connectivity index (χ0v) is 16.7. The van der Waals surface area contributed by atoms with Gasteiger partial charge in [0.2, 0.25) is 0 Å². The molecular formula is C23H23NO5. The van der Waals surface area contributed by atoms with Crippen molar-refractivity contribution in [1.82, 2.24) is 4.57 Å². The molecule has 3 aromatic rings. The van der Waals surface area contributed by atoms with Crippen molar-refractivity contribution >= 4 is 5.97 Å². The van der Waals surface area contributed by atoms with E-state index in [9.17, 15) is 9.90 Å². The van der Waals surface area contributed by atoms with Crippen LogP contribution in [0.15, 0.2) is 42.5 Å². The molecule has 0 amide bonds. The molecule has 0 unspecified atom stereocenters. The normalized spacial score (nSPS) is 12.1. The zero-order chi connectivity index (χ0) is 20.5. The Labute approximate surface area is 169 Å². The van der Waals surface area contributed by atoms with Crippen LogP contribution >= 0.6 is 0 Å². The minimum absolute atomic E-state index is 0.0627. The lowest BCUT2D eigenvalue weighted by molar-refractivity contribution is 0.0510. The third kappa shape index (κ3) is 3.01. The molecular weight excluding hydrogens is 370 g/mol. The maximum absolute atomic E-state index is 12.7. The Hall–Kier alpha value is -3.41. The summed E-state index contributed by atoms with van der Waals surface area (Å²) in [6.07, 6.45) is 0.692. The van der Waals surface area contributed by atoms with E-state index in [1.54, 1.807) is 21.1 Å². The van der Waals surface area contributed by atoms with E-state index in [4.69, 9.17) is 14.2 Å². The van der Waals surface area contributed by atoms with Crippen LogP contribution in [0.1, 0.15) is 23.0 Å². The van der Waals surface area contributed by atoms with Gasteiger partial charge in [-0.05, 0) is 36.6 Å². The van der Waals surface area contributed by atoms with Gasteiger partial charge in [-0.15, -0.1) is 0 Å². The molecule has 150 valence electrons. The molecule has 0 bridgehead atoms. The Balaban J connectivity index is 2.04. The van der Waals surface area contributed by atoms with Gasteiger partial charge in [0, 0.05) is 12.1 Å². The van der Waals surface area contributed by atoms with E-state index < -0.39 is 5.97 Å². The van der Waals surface area contributed by atoms with Crippen LogP contribution in [-0.2, 0) is 17.7 Å². The highest BCUT2D eigenvalue weighted by Crippen LogP contribution is 2.48. The van der Waals surface area contributed by atoms with E-state index >= 15 is 0 Å². The predicted molar refractivity (Wildman–Crippen MR) is 110 cm³/mol. The van der Waals surface area contributed by atoms with Gasteiger partial charge in [-0.25, -0.2) is 4.79 Å². The van der Waals surface area contributed by atoms with E-state index in [-0.39, 0.29) is 18.1 Å². The van der Waals surface area contributed by atoms with Gasteiger partial charge in [-0.2, -0.15) is 0 Å². The minimum atomic E-state index is -0.530. The number of aromatic hydroxyl groups is 1. The highest BCUT2D eigenvalue weighted by atomic mass is 16.5. The van der Waals surface area contributed by atoms with Gasteiger partial charge in [0.25, 0.3) is 0 Å². The van der Waals surface area contributed by atoms with Crippen molar-refractivity contribution < 1.29 is 24.1 Å². The quantitative estimate of drug-likeness (QED) is 0.656. The first-order valence-corrected chi connectivity index (χ1v) is 9.53. The molecule has 1 aromatic heterocycles. The number of carbonyl (C=O) groups excluding carboxylic acids is 1. The molecule has 0 aliphatic carbocycles. The minimum Gasteiger partial charge on any atom is -0.505 e. The lowest BCUT2D eigenvalue weighted by Crippen LogP contribution is -2.18. The smallest absolute Gasteiger partial charge is 0.358 e. The molecule has 1 aliphatic rings. The summed E-state index contributed by atoms with van der Waals surface area (Å²) in [7, 11) is 3.20. The largest absolute Gasteiger partial charge is 0.505 e. The third-order valence-corrected chi connectivity index (χ3v) is 5.24. The van der Waals surface area contributed by atoms with Crippen molar-refractivity contribution in [2.75, 3.05) is 20.8 Å². The van der Waals surface area contributed by atoms with Crippen LogP contribution in [0.5, 0.6) is 17.2 Å². The second-order valence-electron chi connectivity index (χ2n) is 6.77. The fraction of sp³-hybridized carbons (Fsp3) is 0.261. The number of aryl methyl sites for hydroxylation is 1. The molecule has 6 heteroatoms. The first-order valence-electron chi connectivity index (χ1n) is 9.53. The standard InChI is InChI=1S/C23H23NO5/c1-4-29-23(26)21-22(25)19(14-8-6-5-7-9-14)20-16-13-18(28-3)17(27-2)12-15(16)10-11-24(20)21/h5-9,12-13,25H,4,10-11H2,1-3H3. The van der Waals surface area contributed by atoms with Crippen LogP contribution in [-0.4, -0.2) is 36.5 Å². The summed E-state index contributed by atoms with van der Waals surface area (Å²) in [4.78, 5) is 12.7. The summed E-state index contributed by atoms with van der Waals surface area (Å²) in [6, 6.07) is 13.4. The topological polar surface area (TPSA) is 69.9 Å². The molecule has 0 fully saturated rings. The summed E-state index contributed by atoms with van der Waals surface area (Å²) in [6.45, 7) is 2.53. The highest BCUT2D eigenvalue weighted by molar-refractivity contribution is 6.00. The average molecular weight is 393 g/mol.